The van der Waals surface area contributed by atoms with Crippen molar-refractivity contribution in [2.45, 2.75) is 38.0 Å². The number of benzene rings is 2. The molecule has 4 rings (SSSR count). The van der Waals surface area contributed by atoms with Gasteiger partial charge in [0.1, 0.15) is 17.7 Å². The molecule has 2 amide bonds. The molecule has 2 aliphatic rings. The third kappa shape index (κ3) is 4.69. The fourth-order valence-electron chi connectivity index (χ4n) is 3.41. The summed E-state index contributed by atoms with van der Waals surface area (Å²) in [6.07, 6.45) is 1.90. The molecule has 0 unspecified atom stereocenters. The van der Waals surface area contributed by atoms with Crippen molar-refractivity contribution >= 4 is 40.3 Å². The molecular weight excluding hydrogens is 415 g/mol. The van der Waals surface area contributed by atoms with Gasteiger partial charge in [0, 0.05) is 17.9 Å². The summed E-state index contributed by atoms with van der Waals surface area (Å²) in [5.74, 6) is 0.341. The lowest BCUT2D eigenvalue weighted by molar-refractivity contribution is -0.128. The van der Waals surface area contributed by atoms with E-state index in [0.717, 1.165) is 29.7 Å². The van der Waals surface area contributed by atoms with E-state index in [1.165, 1.54) is 28.8 Å². The minimum absolute atomic E-state index is 0.0145. The molecule has 160 valence electrons. The second-order valence-electron chi connectivity index (χ2n) is 7.38. The average molecular weight is 439 g/mol. The van der Waals surface area contributed by atoms with Gasteiger partial charge in [0.15, 0.2) is 5.17 Å². The van der Waals surface area contributed by atoms with Gasteiger partial charge in [-0.1, -0.05) is 49.4 Å². The lowest BCUT2D eigenvalue weighted by Gasteiger charge is -2.25. The van der Waals surface area contributed by atoms with E-state index >= 15 is 0 Å². The lowest BCUT2D eigenvalue weighted by atomic mass is 10.1. The maximum atomic E-state index is 13.2. The van der Waals surface area contributed by atoms with Gasteiger partial charge in [-0.15, -0.1) is 0 Å². The largest absolute Gasteiger partial charge is 0.356 e. The maximum absolute atomic E-state index is 13.2. The summed E-state index contributed by atoms with van der Waals surface area (Å²) in [6, 6.07) is 13.0. The Hall–Kier alpha value is -3.00. The van der Waals surface area contributed by atoms with Crippen molar-refractivity contribution in [2.24, 2.45) is 9.98 Å². The van der Waals surface area contributed by atoms with Crippen molar-refractivity contribution in [2.75, 3.05) is 6.54 Å². The van der Waals surface area contributed by atoms with Gasteiger partial charge in [-0.05, 0) is 36.2 Å². The van der Waals surface area contributed by atoms with E-state index in [-0.39, 0.29) is 24.1 Å². The quantitative estimate of drug-likeness (QED) is 0.664. The number of hydrogen-bond donors (Lipinski definition) is 1. The maximum Gasteiger partial charge on any atom is 0.259 e. The Morgan fingerprint density at radius 3 is 2.74 bits per heavy atom. The molecule has 6 nitrogen and oxygen atoms in total. The van der Waals surface area contributed by atoms with Crippen LogP contribution >= 0.6 is 11.8 Å². The molecule has 2 heterocycles. The van der Waals surface area contributed by atoms with Crippen molar-refractivity contribution in [1.82, 2.24) is 10.2 Å². The SMILES string of the molecule is CCCCNC(=O)C[C@@H]1N=C2c3ccccc3N=C(SCc3ccc(F)cc3)N2C1=O. The second-order valence-corrected chi connectivity index (χ2v) is 8.32. The summed E-state index contributed by atoms with van der Waals surface area (Å²) in [6.45, 7) is 2.65. The molecule has 8 heteroatoms. The van der Waals surface area contributed by atoms with Gasteiger partial charge in [0.05, 0.1) is 12.1 Å². The number of aliphatic imine (C=N–C) groups is 2. The topological polar surface area (TPSA) is 74.1 Å². The second kappa shape index (κ2) is 9.43. The summed E-state index contributed by atoms with van der Waals surface area (Å²) in [5.41, 5.74) is 2.43. The summed E-state index contributed by atoms with van der Waals surface area (Å²) >= 11 is 1.39. The Labute approximate surface area is 184 Å². The Kier molecular flexibility index (Phi) is 6.46. The third-order valence-electron chi connectivity index (χ3n) is 5.06. The first kappa shape index (κ1) is 21.2. The smallest absolute Gasteiger partial charge is 0.259 e. The highest BCUT2D eigenvalue weighted by Gasteiger charge is 2.41. The molecule has 0 saturated carbocycles. The zero-order valence-corrected chi connectivity index (χ0v) is 18.0. The fraction of sp³-hybridized carbons (Fsp3) is 0.304. The number of carbonyl (C=O) groups is 2. The van der Waals surface area contributed by atoms with Crippen LogP contribution in [0.25, 0.3) is 0 Å². The van der Waals surface area contributed by atoms with Crippen LogP contribution in [0.1, 0.15) is 37.3 Å². The van der Waals surface area contributed by atoms with Crippen molar-refractivity contribution in [3.05, 3.63) is 65.5 Å². The van der Waals surface area contributed by atoms with Crippen LogP contribution in [0.2, 0.25) is 0 Å². The van der Waals surface area contributed by atoms with E-state index in [1.807, 2.05) is 24.3 Å². The Balaban J connectivity index is 1.55. The van der Waals surface area contributed by atoms with Crippen LogP contribution in [-0.4, -0.2) is 40.3 Å². The van der Waals surface area contributed by atoms with Gasteiger partial charge in [-0.25, -0.2) is 14.3 Å². The van der Waals surface area contributed by atoms with E-state index < -0.39 is 6.04 Å². The molecule has 0 saturated heterocycles. The number of halogens is 1. The number of unbranched alkanes of at least 4 members (excludes halogenated alkanes) is 1. The first-order valence-corrected chi connectivity index (χ1v) is 11.3. The van der Waals surface area contributed by atoms with Crippen LogP contribution in [0, 0.1) is 5.82 Å². The van der Waals surface area contributed by atoms with Crippen molar-refractivity contribution < 1.29 is 14.0 Å². The van der Waals surface area contributed by atoms with Crippen molar-refractivity contribution in [3.8, 4) is 0 Å². The number of amidine groups is 2. The lowest BCUT2D eigenvalue weighted by Crippen LogP contribution is -2.42. The number of carbonyl (C=O) groups excluding carboxylic acids is 2. The minimum Gasteiger partial charge on any atom is -0.356 e. The molecule has 0 radical (unpaired) electrons. The van der Waals surface area contributed by atoms with Crippen molar-refractivity contribution in [1.29, 1.82) is 0 Å². The van der Waals surface area contributed by atoms with Gasteiger partial charge in [0.25, 0.3) is 5.91 Å². The number of fused-ring (bicyclic) bond motifs is 3. The van der Waals surface area contributed by atoms with Crippen LogP contribution in [0.5, 0.6) is 0 Å². The number of rotatable bonds is 7. The first-order chi connectivity index (χ1) is 15.1. The Bertz CT molecular complexity index is 1050. The normalized spacial score (nSPS) is 17.0. The van der Waals surface area contributed by atoms with Gasteiger partial charge >= 0.3 is 0 Å². The molecule has 1 N–H and O–H groups in total. The standard InChI is InChI=1S/C23H23FN4O2S/c1-2-3-12-25-20(29)13-19-22(30)28-21(26-19)17-6-4-5-7-18(17)27-23(28)31-14-15-8-10-16(24)11-9-15/h4-11,19H,2-3,12-14H2,1H3,(H,25,29)/t19-/m0/s1. The molecule has 0 spiro atoms. The van der Waals surface area contributed by atoms with Crippen LogP contribution in [0.4, 0.5) is 10.1 Å². The molecule has 2 aromatic rings. The van der Waals surface area contributed by atoms with Gasteiger partial charge < -0.3 is 5.32 Å². The molecule has 1 atom stereocenters. The van der Waals surface area contributed by atoms with E-state index in [9.17, 15) is 14.0 Å². The molecule has 31 heavy (non-hydrogen) atoms. The predicted molar refractivity (Wildman–Crippen MR) is 121 cm³/mol. The van der Waals surface area contributed by atoms with Crippen LogP contribution in [-0.2, 0) is 15.3 Å². The number of para-hydroxylation sites is 1. The number of nitrogens with zero attached hydrogens (tertiary/aromatic N) is 3. The van der Waals surface area contributed by atoms with Crippen LogP contribution < -0.4 is 5.32 Å². The summed E-state index contributed by atoms with van der Waals surface area (Å²) < 4.78 is 13.2. The van der Waals surface area contributed by atoms with Crippen molar-refractivity contribution in [3.63, 3.8) is 0 Å². The molecule has 2 aromatic carbocycles. The average Bonchev–Trinajstić information content (AvgIpc) is 3.10. The van der Waals surface area contributed by atoms with Crippen LogP contribution in [0.3, 0.4) is 0 Å². The Morgan fingerprint density at radius 1 is 1.19 bits per heavy atom. The van der Waals surface area contributed by atoms with Gasteiger partial charge in [0.2, 0.25) is 5.91 Å². The zero-order chi connectivity index (χ0) is 21.8. The van der Waals surface area contributed by atoms with E-state index in [4.69, 9.17) is 0 Å². The molecule has 0 aliphatic carbocycles. The zero-order valence-electron chi connectivity index (χ0n) is 17.2. The predicted octanol–water partition coefficient (Wildman–Crippen LogP) is 4.02. The molecule has 0 aromatic heterocycles. The van der Waals surface area contributed by atoms with Gasteiger partial charge in [-0.3, -0.25) is 14.6 Å². The minimum atomic E-state index is -0.764. The highest BCUT2D eigenvalue weighted by molar-refractivity contribution is 8.13. The molecule has 0 fully saturated rings. The molecular formula is C23H23FN4O2S. The number of hydrogen-bond acceptors (Lipinski definition) is 5. The third-order valence-corrected chi connectivity index (χ3v) is 6.07. The highest BCUT2D eigenvalue weighted by Crippen LogP contribution is 2.34. The number of thioether (sulfide) groups is 1. The summed E-state index contributed by atoms with van der Waals surface area (Å²) in [4.78, 5) is 36.2. The van der Waals surface area contributed by atoms with E-state index in [2.05, 4.69) is 22.2 Å². The Morgan fingerprint density at radius 2 is 1.97 bits per heavy atom. The monoisotopic (exact) mass is 438 g/mol. The van der Waals surface area contributed by atoms with E-state index in [1.54, 1.807) is 12.1 Å². The molecule has 0 bridgehead atoms. The fourth-order valence-corrected chi connectivity index (χ4v) is 4.37. The van der Waals surface area contributed by atoms with Crippen LogP contribution in [0.15, 0.2) is 58.5 Å². The van der Waals surface area contributed by atoms with Gasteiger partial charge in [-0.2, -0.15) is 0 Å². The van der Waals surface area contributed by atoms with E-state index in [0.29, 0.717) is 23.3 Å². The summed E-state index contributed by atoms with van der Waals surface area (Å²) in [5, 5.41) is 3.36. The molecule has 2 aliphatic heterocycles. The summed E-state index contributed by atoms with van der Waals surface area (Å²) in [7, 11) is 0. The number of nitrogens with one attached hydrogen (secondary N) is 1. The number of amides is 2. The highest BCUT2D eigenvalue weighted by atomic mass is 32.2. The first-order valence-electron chi connectivity index (χ1n) is 10.3.